The van der Waals surface area contributed by atoms with E-state index in [0.29, 0.717) is 37.9 Å². The Labute approximate surface area is 160 Å². The van der Waals surface area contributed by atoms with Crippen molar-refractivity contribution in [1.82, 2.24) is 9.21 Å². The van der Waals surface area contributed by atoms with E-state index >= 15 is 0 Å². The zero-order valence-electron chi connectivity index (χ0n) is 15.9. The van der Waals surface area contributed by atoms with E-state index < -0.39 is 16.0 Å². The first kappa shape index (κ1) is 19.8. The van der Waals surface area contributed by atoms with Crippen LogP contribution in [0.3, 0.4) is 0 Å². The molecular weight excluding hydrogens is 368 g/mol. The summed E-state index contributed by atoms with van der Waals surface area (Å²) in [5.74, 6) is -1.14. The van der Waals surface area contributed by atoms with Crippen LogP contribution in [-0.2, 0) is 14.8 Å². The van der Waals surface area contributed by atoms with E-state index in [-0.39, 0.29) is 28.2 Å². The van der Waals surface area contributed by atoms with E-state index in [2.05, 4.69) is 0 Å². The Bertz CT molecular complexity index is 839. The zero-order valence-corrected chi connectivity index (χ0v) is 16.7. The molecule has 3 rings (SSSR count). The molecule has 0 aromatic heterocycles. The predicted octanol–water partition coefficient (Wildman–Crippen LogP) is 2.04. The quantitative estimate of drug-likeness (QED) is 0.825. The summed E-state index contributed by atoms with van der Waals surface area (Å²) in [5, 5.41) is 9.16. The molecule has 7 nitrogen and oxygen atoms in total. The Morgan fingerprint density at radius 2 is 1.74 bits per heavy atom. The fourth-order valence-electron chi connectivity index (χ4n) is 3.80. The summed E-state index contributed by atoms with van der Waals surface area (Å²) in [6, 6.07) is 5.87. The Morgan fingerprint density at radius 1 is 1.19 bits per heavy atom. The van der Waals surface area contributed by atoms with E-state index in [1.165, 1.54) is 23.5 Å². The van der Waals surface area contributed by atoms with Gasteiger partial charge in [-0.1, -0.05) is 0 Å². The van der Waals surface area contributed by atoms with Crippen LogP contribution < -0.4 is 0 Å². The second-order valence-corrected chi connectivity index (χ2v) is 9.89. The summed E-state index contributed by atoms with van der Waals surface area (Å²) >= 11 is 0. The molecule has 1 spiro atoms. The van der Waals surface area contributed by atoms with Crippen LogP contribution in [0.5, 0.6) is 0 Å². The highest BCUT2D eigenvalue weighted by molar-refractivity contribution is 7.89. The van der Waals surface area contributed by atoms with Crippen molar-refractivity contribution in [3.63, 3.8) is 0 Å². The Morgan fingerprint density at radius 3 is 2.19 bits per heavy atom. The second kappa shape index (κ2) is 6.91. The van der Waals surface area contributed by atoms with Crippen LogP contribution in [-0.4, -0.2) is 60.8 Å². The molecule has 0 radical (unpaired) electrons. The van der Waals surface area contributed by atoms with Crippen LogP contribution >= 0.6 is 0 Å². The molecule has 1 aromatic rings. The number of aliphatic carboxylic acids is 1. The lowest BCUT2D eigenvalue weighted by molar-refractivity contribution is -0.139. The van der Waals surface area contributed by atoms with Crippen molar-refractivity contribution in [2.75, 3.05) is 20.1 Å². The van der Waals surface area contributed by atoms with Crippen molar-refractivity contribution in [2.45, 2.75) is 44.0 Å². The van der Waals surface area contributed by atoms with Crippen molar-refractivity contribution in [1.29, 1.82) is 0 Å². The maximum atomic E-state index is 12.7. The average Bonchev–Trinajstić information content (AvgIpc) is 3.35. The molecule has 1 heterocycles. The number of likely N-dealkylation sites (tertiary alicyclic amines) is 1. The normalized spacial score (nSPS) is 21.7. The minimum absolute atomic E-state index is 0.123. The molecule has 1 aliphatic carbocycles. The summed E-state index contributed by atoms with van der Waals surface area (Å²) in [6.45, 7) is 4.68. The van der Waals surface area contributed by atoms with Gasteiger partial charge in [-0.3, -0.25) is 9.59 Å². The summed E-state index contributed by atoms with van der Waals surface area (Å²) in [4.78, 5) is 25.7. The summed E-state index contributed by atoms with van der Waals surface area (Å²) in [5.41, 5.74) is 0.324. The van der Waals surface area contributed by atoms with Crippen LogP contribution in [0.4, 0.5) is 0 Å². The van der Waals surface area contributed by atoms with Gasteiger partial charge in [0.25, 0.3) is 5.91 Å². The molecule has 1 saturated heterocycles. The largest absolute Gasteiger partial charge is 0.481 e. The lowest BCUT2D eigenvalue weighted by atomic mass is 9.90. The predicted molar refractivity (Wildman–Crippen MR) is 99.8 cm³/mol. The van der Waals surface area contributed by atoms with Gasteiger partial charge in [-0.05, 0) is 62.8 Å². The monoisotopic (exact) mass is 394 g/mol. The first-order valence-electron chi connectivity index (χ1n) is 9.19. The van der Waals surface area contributed by atoms with Gasteiger partial charge in [-0.2, -0.15) is 4.31 Å². The van der Waals surface area contributed by atoms with Crippen molar-refractivity contribution in [3.05, 3.63) is 29.8 Å². The van der Waals surface area contributed by atoms with Crippen LogP contribution in [0.2, 0.25) is 0 Å². The van der Waals surface area contributed by atoms with Gasteiger partial charge in [0.1, 0.15) is 0 Å². The molecule has 8 heteroatoms. The number of carbonyl (C=O) groups is 2. The van der Waals surface area contributed by atoms with Crippen molar-refractivity contribution >= 4 is 21.9 Å². The minimum atomic E-state index is -3.57. The molecule has 0 bridgehead atoms. The van der Waals surface area contributed by atoms with Gasteiger partial charge in [0.05, 0.1) is 10.8 Å². The number of hydrogen-bond acceptors (Lipinski definition) is 4. The molecule has 1 unspecified atom stereocenters. The van der Waals surface area contributed by atoms with Gasteiger partial charge in [-0.25, -0.2) is 8.42 Å². The van der Waals surface area contributed by atoms with Gasteiger partial charge in [0.2, 0.25) is 10.0 Å². The number of carboxylic acid groups (broad SMARTS) is 1. The van der Waals surface area contributed by atoms with Crippen molar-refractivity contribution < 1.29 is 23.1 Å². The number of sulfonamides is 1. The topological polar surface area (TPSA) is 95.0 Å². The van der Waals surface area contributed by atoms with E-state index in [1.54, 1.807) is 30.9 Å². The second-order valence-electron chi connectivity index (χ2n) is 7.89. The smallest absolute Gasteiger partial charge is 0.307 e. The van der Waals surface area contributed by atoms with Crippen molar-refractivity contribution in [3.8, 4) is 0 Å². The van der Waals surface area contributed by atoms with E-state index in [4.69, 9.17) is 5.11 Å². The highest BCUT2D eigenvalue weighted by Crippen LogP contribution is 2.59. The number of rotatable bonds is 5. The van der Waals surface area contributed by atoms with Gasteiger partial charge >= 0.3 is 5.97 Å². The first-order valence-corrected chi connectivity index (χ1v) is 10.6. The van der Waals surface area contributed by atoms with E-state index in [1.807, 2.05) is 0 Å². The maximum Gasteiger partial charge on any atom is 0.307 e. The fourth-order valence-corrected chi connectivity index (χ4v) is 5.17. The van der Waals surface area contributed by atoms with E-state index in [0.717, 1.165) is 0 Å². The molecular formula is C19H26N2O5S. The summed E-state index contributed by atoms with van der Waals surface area (Å²) < 4.78 is 26.3. The fraction of sp³-hybridized carbons (Fsp3) is 0.579. The molecule has 27 heavy (non-hydrogen) atoms. The minimum Gasteiger partial charge on any atom is -0.481 e. The molecule has 1 amide bonds. The summed E-state index contributed by atoms with van der Waals surface area (Å²) in [7, 11) is -2.04. The van der Waals surface area contributed by atoms with E-state index in [9.17, 15) is 18.0 Å². The number of amides is 1. The molecule has 1 aromatic carbocycles. The molecule has 1 saturated carbocycles. The van der Waals surface area contributed by atoms with Gasteiger partial charge < -0.3 is 10.0 Å². The summed E-state index contributed by atoms with van der Waals surface area (Å²) in [6.07, 6.45) is 2.13. The van der Waals surface area contributed by atoms with Crippen LogP contribution in [0, 0.1) is 11.3 Å². The molecule has 1 N–H and O–H groups in total. The number of piperidine rings is 1. The van der Waals surface area contributed by atoms with Gasteiger partial charge in [-0.15, -0.1) is 0 Å². The highest BCUT2D eigenvalue weighted by atomic mass is 32.2. The van der Waals surface area contributed by atoms with Gasteiger partial charge in [0.15, 0.2) is 0 Å². The lowest BCUT2D eigenvalue weighted by Crippen LogP contribution is -2.40. The molecule has 2 aliphatic rings. The van der Waals surface area contributed by atoms with Crippen LogP contribution in [0.25, 0.3) is 0 Å². The standard InChI is InChI=1S/C19H26N2O5S/c1-13(2)20(3)27(25,26)15-6-4-14(5-7-15)17(22)21-10-8-19(9-11-21)12-16(19)18(23)24/h4-7,13,16H,8-12H2,1-3H3,(H,23,24). The third kappa shape index (κ3) is 3.60. The molecule has 1 aliphatic heterocycles. The molecule has 1 atom stereocenters. The average molecular weight is 394 g/mol. The Hall–Kier alpha value is -1.93. The zero-order chi connectivity index (χ0) is 20.0. The first-order chi connectivity index (χ1) is 12.6. The molecule has 148 valence electrons. The third-order valence-corrected chi connectivity index (χ3v) is 8.09. The number of carboxylic acids is 1. The number of nitrogens with zero attached hydrogens (tertiary/aromatic N) is 2. The lowest BCUT2D eigenvalue weighted by Gasteiger charge is -2.32. The SMILES string of the molecule is CC(C)N(C)S(=O)(=O)c1ccc(C(=O)N2CCC3(CC2)CC3C(=O)O)cc1. The van der Waals surface area contributed by atoms with Crippen LogP contribution in [0.1, 0.15) is 43.5 Å². The number of carbonyl (C=O) groups excluding carboxylic acids is 1. The molecule has 2 fully saturated rings. The Kier molecular flexibility index (Phi) is 5.07. The van der Waals surface area contributed by atoms with Crippen molar-refractivity contribution in [2.24, 2.45) is 11.3 Å². The number of benzene rings is 1. The number of hydrogen-bond donors (Lipinski definition) is 1. The highest BCUT2D eigenvalue weighted by Gasteiger charge is 2.59. The third-order valence-electron chi connectivity index (χ3n) is 6.04. The van der Waals surface area contributed by atoms with Crippen LogP contribution in [0.15, 0.2) is 29.2 Å². The maximum absolute atomic E-state index is 12.7. The van der Waals surface area contributed by atoms with Gasteiger partial charge in [0, 0.05) is 31.7 Å². The Balaban J connectivity index is 1.66.